The standard InChI is InChI=1S/C14H20N2O4S/c1-14(2,3)20-13(17)16-9-7-11(19-5)10(18-4)6-8(9)12(15)21/h6-7H,1-5H3,(H2,15,21)(H,16,17). The lowest BCUT2D eigenvalue weighted by molar-refractivity contribution is 0.0636. The van der Waals surface area contributed by atoms with E-state index in [1.54, 1.807) is 32.9 Å². The highest BCUT2D eigenvalue weighted by atomic mass is 32.1. The Morgan fingerprint density at radius 2 is 1.71 bits per heavy atom. The summed E-state index contributed by atoms with van der Waals surface area (Å²) in [5, 5.41) is 2.61. The SMILES string of the molecule is COc1cc(NC(=O)OC(C)(C)C)c(C(N)=S)cc1OC. The molecule has 3 N–H and O–H groups in total. The van der Waals surface area contributed by atoms with E-state index in [0.29, 0.717) is 22.7 Å². The summed E-state index contributed by atoms with van der Waals surface area (Å²) in [5.41, 5.74) is 5.93. The molecule has 6 nitrogen and oxygen atoms in total. The van der Waals surface area contributed by atoms with Gasteiger partial charge in [-0.25, -0.2) is 4.79 Å². The van der Waals surface area contributed by atoms with Crippen molar-refractivity contribution >= 4 is 29.0 Å². The molecular weight excluding hydrogens is 292 g/mol. The van der Waals surface area contributed by atoms with Crippen LogP contribution in [0.4, 0.5) is 10.5 Å². The predicted molar refractivity (Wildman–Crippen MR) is 85.3 cm³/mol. The molecule has 0 heterocycles. The van der Waals surface area contributed by atoms with Gasteiger partial charge in [-0.2, -0.15) is 0 Å². The molecule has 1 rings (SSSR count). The molecule has 0 aliphatic rings. The summed E-state index contributed by atoms with van der Waals surface area (Å²) in [7, 11) is 3.00. The largest absolute Gasteiger partial charge is 0.493 e. The summed E-state index contributed by atoms with van der Waals surface area (Å²) in [6.45, 7) is 5.32. The van der Waals surface area contributed by atoms with Crippen LogP contribution in [0.2, 0.25) is 0 Å². The maximum atomic E-state index is 11.9. The van der Waals surface area contributed by atoms with Crippen LogP contribution in [0.5, 0.6) is 11.5 Å². The number of carbonyl (C=O) groups is 1. The molecule has 0 unspecified atom stereocenters. The summed E-state index contributed by atoms with van der Waals surface area (Å²) < 4.78 is 15.6. The molecule has 1 aromatic carbocycles. The van der Waals surface area contributed by atoms with Gasteiger partial charge in [0, 0.05) is 11.6 Å². The lowest BCUT2D eigenvalue weighted by Gasteiger charge is -2.21. The molecule has 0 saturated heterocycles. The molecule has 0 bridgehead atoms. The Labute approximate surface area is 129 Å². The zero-order chi connectivity index (χ0) is 16.2. The Hall–Kier alpha value is -2.02. The molecule has 0 atom stereocenters. The fourth-order valence-corrected chi connectivity index (χ4v) is 1.77. The number of benzene rings is 1. The van der Waals surface area contributed by atoms with Crippen LogP contribution in [-0.2, 0) is 4.74 Å². The van der Waals surface area contributed by atoms with Gasteiger partial charge in [-0.1, -0.05) is 12.2 Å². The van der Waals surface area contributed by atoms with Crippen molar-refractivity contribution in [1.82, 2.24) is 0 Å². The van der Waals surface area contributed by atoms with E-state index in [1.165, 1.54) is 14.2 Å². The number of hydrogen-bond donors (Lipinski definition) is 2. The van der Waals surface area contributed by atoms with E-state index in [9.17, 15) is 4.79 Å². The molecule has 7 heteroatoms. The number of rotatable bonds is 4. The van der Waals surface area contributed by atoms with Crippen LogP contribution in [-0.4, -0.2) is 30.9 Å². The van der Waals surface area contributed by atoms with Gasteiger partial charge >= 0.3 is 6.09 Å². The smallest absolute Gasteiger partial charge is 0.412 e. The van der Waals surface area contributed by atoms with Gasteiger partial charge in [0.2, 0.25) is 0 Å². The number of nitrogens with one attached hydrogen (secondary N) is 1. The van der Waals surface area contributed by atoms with Gasteiger partial charge in [0.05, 0.1) is 19.9 Å². The van der Waals surface area contributed by atoms with Crippen molar-refractivity contribution in [2.24, 2.45) is 5.73 Å². The van der Waals surface area contributed by atoms with Crippen LogP contribution in [0.1, 0.15) is 26.3 Å². The Bertz CT molecular complexity index is 553. The molecule has 0 radical (unpaired) electrons. The van der Waals surface area contributed by atoms with Crippen LogP contribution in [0.25, 0.3) is 0 Å². The van der Waals surface area contributed by atoms with E-state index in [-0.39, 0.29) is 4.99 Å². The number of amides is 1. The molecule has 0 aromatic heterocycles. The third-order valence-corrected chi connectivity index (χ3v) is 2.64. The number of carbonyl (C=O) groups excluding carboxylic acids is 1. The summed E-state index contributed by atoms with van der Waals surface area (Å²) >= 11 is 4.99. The number of thiocarbonyl (C=S) groups is 1. The fourth-order valence-electron chi connectivity index (χ4n) is 1.60. The molecule has 0 aliphatic carbocycles. The quantitative estimate of drug-likeness (QED) is 0.832. The van der Waals surface area contributed by atoms with Gasteiger partial charge in [0.1, 0.15) is 10.6 Å². The molecule has 0 saturated carbocycles. The minimum absolute atomic E-state index is 0.127. The zero-order valence-corrected chi connectivity index (χ0v) is 13.6. The molecule has 0 fully saturated rings. The van der Waals surface area contributed by atoms with Crippen molar-refractivity contribution in [2.75, 3.05) is 19.5 Å². The zero-order valence-electron chi connectivity index (χ0n) is 12.8. The van der Waals surface area contributed by atoms with Crippen molar-refractivity contribution in [1.29, 1.82) is 0 Å². The van der Waals surface area contributed by atoms with E-state index >= 15 is 0 Å². The minimum Gasteiger partial charge on any atom is -0.493 e. The summed E-state index contributed by atoms with van der Waals surface area (Å²) in [5.74, 6) is 0.915. The highest BCUT2D eigenvalue weighted by Gasteiger charge is 2.19. The highest BCUT2D eigenvalue weighted by Crippen LogP contribution is 2.33. The van der Waals surface area contributed by atoms with Crippen molar-refractivity contribution in [3.8, 4) is 11.5 Å². The average Bonchev–Trinajstić information content (AvgIpc) is 2.35. The van der Waals surface area contributed by atoms with Crippen LogP contribution >= 0.6 is 12.2 Å². The number of ether oxygens (including phenoxy) is 3. The normalized spacial score (nSPS) is 10.7. The molecule has 1 amide bonds. The first-order valence-corrected chi connectivity index (χ1v) is 6.64. The van der Waals surface area contributed by atoms with Gasteiger partial charge in [0.15, 0.2) is 11.5 Å². The number of hydrogen-bond acceptors (Lipinski definition) is 5. The first-order chi connectivity index (χ1) is 9.67. The van der Waals surface area contributed by atoms with Crippen LogP contribution in [0.15, 0.2) is 12.1 Å². The van der Waals surface area contributed by atoms with Gasteiger partial charge in [0.25, 0.3) is 0 Å². The minimum atomic E-state index is -0.607. The number of anilines is 1. The Morgan fingerprint density at radius 1 is 1.19 bits per heavy atom. The monoisotopic (exact) mass is 312 g/mol. The molecule has 21 heavy (non-hydrogen) atoms. The topological polar surface area (TPSA) is 82.8 Å². The molecule has 0 aliphatic heterocycles. The second-order valence-electron chi connectivity index (χ2n) is 5.24. The van der Waals surface area contributed by atoms with E-state index in [0.717, 1.165) is 0 Å². The number of methoxy groups -OCH3 is 2. The van der Waals surface area contributed by atoms with E-state index < -0.39 is 11.7 Å². The number of nitrogens with two attached hydrogens (primary N) is 1. The Balaban J connectivity index is 3.15. The maximum absolute atomic E-state index is 11.9. The summed E-state index contributed by atoms with van der Waals surface area (Å²) in [6, 6.07) is 3.19. The van der Waals surface area contributed by atoms with Crippen molar-refractivity contribution in [3.05, 3.63) is 17.7 Å². The maximum Gasteiger partial charge on any atom is 0.412 e. The highest BCUT2D eigenvalue weighted by molar-refractivity contribution is 7.80. The lowest BCUT2D eigenvalue weighted by Crippen LogP contribution is -2.28. The molecule has 0 spiro atoms. The van der Waals surface area contributed by atoms with Crippen LogP contribution in [0.3, 0.4) is 0 Å². The first-order valence-electron chi connectivity index (χ1n) is 6.23. The van der Waals surface area contributed by atoms with Crippen LogP contribution < -0.4 is 20.5 Å². The second-order valence-corrected chi connectivity index (χ2v) is 5.68. The summed E-state index contributed by atoms with van der Waals surface area (Å²) in [6.07, 6.45) is -0.604. The first kappa shape index (κ1) is 17.0. The third-order valence-electron chi connectivity index (χ3n) is 2.42. The summed E-state index contributed by atoms with van der Waals surface area (Å²) in [4.78, 5) is 12.0. The van der Waals surface area contributed by atoms with E-state index in [4.69, 9.17) is 32.2 Å². The van der Waals surface area contributed by atoms with Gasteiger partial charge in [-0.3, -0.25) is 5.32 Å². The van der Waals surface area contributed by atoms with E-state index in [1.807, 2.05) is 0 Å². The van der Waals surface area contributed by atoms with Crippen LogP contribution in [0, 0.1) is 0 Å². The van der Waals surface area contributed by atoms with Gasteiger partial charge < -0.3 is 19.9 Å². The lowest BCUT2D eigenvalue weighted by atomic mass is 10.1. The van der Waals surface area contributed by atoms with Crippen molar-refractivity contribution in [3.63, 3.8) is 0 Å². The van der Waals surface area contributed by atoms with Gasteiger partial charge in [-0.15, -0.1) is 0 Å². The van der Waals surface area contributed by atoms with Gasteiger partial charge in [-0.05, 0) is 26.8 Å². The predicted octanol–water partition coefficient (Wildman–Crippen LogP) is 2.69. The average molecular weight is 312 g/mol. The van der Waals surface area contributed by atoms with Crippen molar-refractivity contribution < 1.29 is 19.0 Å². The second kappa shape index (κ2) is 6.62. The Kier molecular flexibility index (Phi) is 5.37. The molecular formula is C14H20N2O4S. The Morgan fingerprint density at radius 3 is 2.14 bits per heavy atom. The van der Waals surface area contributed by atoms with Crippen molar-refractivity contribution in [2.45, 2.75) is 26.4 Å². The van der Waals surface area contributed by atoms with E-state index in [2.05, 4.69) is 5.32 Å². The third kappa shape index (κ3) is 4.78. The fraction of sp³-hybridized carbons (Fsp3) is 0.429. The molecule has 116 valence electrons. The molecule has 1 aromatic rings.